The molecule has 0 bridgehead atoms. The molecule has 6 nitrogen and oxygen atoms in total. The van der Waals surface area contributed by atoms with Crippen molar-refractivity contribution in [2.24, 2.45) is 0 Å². The highest BCUT2D eigenvalue weighted by molar-refractivity contribution is 7.19. The van der Waals surface area contributed by atoms with Crippen LogP contribution in [0.5, 0.6) is 0 Å². The van der Waals surface area contributed by atoms with Gasteiger partial charge in [0.05, 0.1) is 11.5 Å². The van der Waals surface area contributed by atoms with E-state index in [1.807, 2.05) is 0 Å². The van der Waals surface area contributed by atoms with E-state index in [4.69, 9.17) is 7.85 Å². The van der Waals surface area contributed by atoms with Gasteiger partial charge in [-0.25, -0.2) is 4.79 Å². The Bertz CT molecular complexity index is 616. The van der Waals surface area contributed by atoms with Crippen molar-refractivity contribution in [2.45, 2.75) is 31.1 Å². The maximum Gasteiger partial charge on any atom is 0.406 e. The van der Waals surface area contributed by atoms with Gasteiger partial charge in [-0.05, 0) is 12.8 Å². The van der Waals surface area contributed by atoms with Gasteiger partial charge >= 0.3 is 12.2 Å². The molecule has 1 aromatic heterocycles. The predicted molar refractivity (Wildman–Crippen MR) is 66.0 cm³/mol. The topological polar surface area (TPSA) is 66.4 Å². The van der Waals surface area contributed by atoms with Crippen LogP contribution < -0.4 is 4.91 Å². The van der Waals surface area contributed by atoms with Crippen LogP contribution in [0, 0.1) is 0 Å². The third kappa shape index (κ3) is 2.39. The van der Waals surface area contributed by atoms with Crippen LogP contribution >= 0.6 is 11.3 Å². The number of imide groups is 1. The van der Waals surface area contributed by atoms with E-state index in [-0.39, 0.29) is 16.4 Å². The lowest BCUT2D eigenvalue weighted by atomic mass is 10.2. The number of nitrogens with zero attached hydrogens (tertiary/aromatic N) is 4. The third-order valence-electron chi connectivity index (χ3n) is 3.46. The number of rotatable bonds is 3. The molecule has 1 spiro atoms. The molecule has 1 aliphatic heterocycles. The quantitative estimate of drug-likeness (QED) is 0.590. The van der Waals surface area contributed by atoms with E-state index in [1.54, 1.807) is 0 Å². The lowest BCUT2D eigenvalue weighted by Crippen LogP contribution is -2.39. The summed E-state index contributed by atoms with van der Waals surface area (Å²) in [6.07, 6.45) is -3.90. The third-order valence-corrected chi connectivity index (χ3v) is 4.20. The first kappa shape index (κ1) is 14.3. The van der Waals surface area contributed by atoms with Crippen molar-refractivity contribution in [1.29, 1.82) is 0 Å². The Hall–Kier alpha value is -1.65. The zero-order valence-corrected chi connectivity index (χ0v) is 11.4. The summed E-state index contributed by atoms with van der Waals surface area (Å²) in [5.41, 5.74) is -1.14. The van der Waals surface area contributed by atoms with Crippen LogP contribution in [0.25, 0.3) is 0 Å². The van der Waals surface area contributed by atoms with Gasteiger partial charge in [0.25, 0.3) is 5.91 Å². The molecular formula is C10H8BF3N4O2S. The van der Waals surface area contributed by atoms with Crippen LogP contribution in [0.15, 0.2) is 0 Å². The second kappa shape index (κ2) is 4.42. The second-order valence-electron chi connectivity index (χ2n) is 4.94. The minimum Gasteiger partial charge on any atom is -0.303 e. The average molecular weight is 316 g/mol. The van der Waals surface area contributed by atoms with Crippen LogP contribution in [0.1, 0.15) is 17.8 Å². The maximum absolute atomic E-state index is 12.5. The van der Waals surface area contributed by atoms with E-state index in [1.165, 1.54) is 0 Å². The van der Waals surface area contributed by atoms with E-state index in [0.717, 1.165) is 16.2 Å². The number of aromatic nitrogens is 2. The molecule has 1 aliphatic carbocycles. The highest BCUT2D eigenvalue weighted by Crippen LogP contribution is 2.49. The first-order valence-electron chi connectivity index (χ1n) is 6.01. The summed E-state index contributed by atoms with van der Waals surface area (Å²) < 4.78 is 37.4. The Balaban J connectivity index is 1.84. The Morgan fingerprint density at radius 1 is 1.29 bits per heavy atom. The highest BCUT2D eigenvalue weighted by atomic mass is 32.1. The first-order chi connectivity index (χ1) is 9.73. The summed E-state index contributed by atoms with van der Waals surface area (Å²) in [5.74, 6) is -0.790. The van der Waals surface area contributed by atoms with Crippen molar-refractivity contribution in [3.05, 3.63) is 5.01 Å². The SMILES string of the molecule is [B]c1nnc(CN2C(=O)N(CC(F)(F)F)C(=O)C23CC3)s1. The van der Waals surface area contributed by atoms with Crippen molar-refractivity contribution in [3.8, 4) is 0 Å². The van der Waals surface area contributed by atoms with Gasteiger partial charge in [0.1, 0.15) is 17.1 Å². The van der Waals surface area contributed by atoms with Crippen molar-refractivity contribution >= 4 is 36.0 Å². The smallest absolute Gasteiger partial charge is 0.303 e. The molecule has 0 N–H and O–H groups in total. The summed E-state index contributed by atoms with van der Waals surface area (Å²) in [6, 6.07) is -0.941. The lowest BCUT2D eigenvalue weighted by molar-refractivity contribution is -0.153. The van der Waals surface area contributed by atoms with Crippen LogP contribution in [0.2, 0.25) is 0 Å². The van der Waals surface area contributed by atoms with E-state index in [0.29, 0.717) is 17.8 Å². The van der Waals surface area contributed by atoms with Gasteiger partial charge in [0.15, 0.2) is 7.85 Å². The average Bonchev–Trinajstić information content (AvgIpc) is 3.04. The molecule has 1 saturated heterocycles. The molecule has 3 amide bonds. The molecule has 2 heterocycles. The summed E-state index contributed by atoms with van der Waals surface area (Å²) in [7, 11) is 5.42. The summed E-state index contributed by atoms with van der Waals surface area (Å²) in [5, 5.41) is 7.69. The Morgan fingerprint density at radius 2 is 1.95 bits per heavy atom. The van der Waals surface area contributed by atoms with Gasteiger partial charge < -0.3 is 4.90 Å². The Morgan fingerprint density at radius 3 is 2.43 bits per heavy atom. The molecule has 0 unspecified atom stereocenters. The van der Waals surface area contributed by atoms with Crippen molar-refractivity contribution in [2.75, 3.05) is 6.54 Å². The van der Waals surface area contributed by atoms with Crippen LogP contribution in [-0.4, -0.2) is 58.0 Å². The number of urea groups is 1. The molecule has 110 valence electrons. The number of halogens is 3. The highest BCUT2D eigenvalue weighted by Gasteiger charge is 2.65. The summed E-state index contributed by atoms with van der Waals surface area (Å²) in [4.78, 5) is 25.8. The van der Waals surface area contributed by atoms with E-state index < -0.39 is 30.2 Å². The number of carbonyl (C=O) groups excluding carboxylic acids is 2. The standard InChI is InChI=1S/C10H8BF3N4O2S/c11-7-16-15-5(21-7)3-18-8(20)17(4-10(12,13)14)6(19)9(18)1-2-9/h1-4H2. The molecule has 2 fully saturated rings. The van der Waals surface area contributed by atoms with E-state index >= 15 is 0 Å². The van der Waals surface area contributed by atoms with E-state index in [9.17, 15) is 22.8 Å². The molecule has 2 aliphatic rings. The molecule has 11 heteroatoms. The van der Waals surface area contributed by atoms with Gasteiger partial charge in [-0.15, -0.1) is 16.4 Å². The molecule has 21 heavy (non-hydrogen) atoms. The zero-order valence-electron chi connectivity index (χ0n) is 10.6. The number of hydrogen-bond acceptors (Lipinski definition) is 5. The molecule has 3 rings (SSSR count). The molecule has 0 atom stereocenters. The largest absolute Gasteiger partial charge is 0.406 e. The van der Waals surface area contributed by atoms with Gasteiger partial charge in [-0.3, -0.25) is 9.69 Å². The van der Waals surface area contributed by atoms with Gasteiger partial charge in [-0.1, -0.05) is 0 Å². The lowest BCUT2D eigenvalue weighted by Gasteiger charge is -2.19. The van der Waals surface area contributed by atoms with Crippen molar-refractivity contribution in [1.82, 2.24) is 20.0 Å². The normalized spacial score (nSPS) is 20.7. The van der Waals surface area contributed by atoms with Crippen molar-refractivity contribution in [3.63, 3.8) is 0 Å². The van der Waals surface area contributed by atoms with Gasteiger partial charge in [0, 0.05) is 0 Å². The summed E-state index contributed by atoms with van der Waals surface area (Å²) in [6.45, 7) is -1.63. The second-order valence-corrected chi connectivity index (χ2v) is 6.03. The summed E-state index contributed by atoms with van der Waals surface area (Å²) >= 11 is 1.03. The zero-order chi connectivity index (χ0) is 15.4. The van der Waals surface area contributed by atoms with Gasteiger partial charge in [0.2, 0.25) is 0 Å². The molecular weight excluding hydrogens is 308 g/mol. The number of alkyl halides is 3. The first-order valence-corrected chi connectivity index (χ1v) is 6.83. The molecule has 1 aromatic rings. The Kier molecular flexibility index (Phi) is 3.01. The number of amides is 3. The maximum atomic E-state index is 12.5. The van der Waals surface area contributed by atoms with Crippen LogP contribution in [0.4, 0.5) is 18.0 Å². The molecule has 0 aromatic carbocycles. The molecule has 1 saturated carbocycles. The fraction of sp³-hybridized carbons (Fsp3) is 0.600. The number of carbonyl (C=O) groups is 2. The fourth-order valence-electron chi connectivity index (χ4n) is 2.39. The van der Waals surface area contributed by atoms with Crippen LogP contribution in [0.3, 0.4) is 0 Å². The van der Waals surface area contributed by atoms with Crippen molar-refractivity contribution < 1.29 is 22.8 Å². The van der Waals surface area contributed by atoms with Crippen LogP contribution in [-0.2, 0) is 11.3 Å². The molecule has 2 radical (unpaired) electrons. The monoisotopic (exact) mass is 316 g/mol. The fourth-order valence-corrected chi connectivity index (χ4v) is 2.99. The Labute approximate surface area is 122 Å². The minimum atomic E-state index is -4.62. The number of hydrogen-bond donors (Lipinski definition) is 0. The van der Waals surface area contributed by atoms with E-state index in [2.05, 4.69) is 10.2 Å². The van der Waals surface area contributed by atoms with Gasteiger partial charge in [-0.2, -0.15) is 18.3 Å². The predicted octanol–water partition coefficient (Wildman–Crippen LogP) is 0.191. The minimum absolute atomic E-state index is 0.0617.